The monoisotopic (exact) mass is 758 g/mol. The molecule has 0 N–H and O–H groups in total. The third kappa shape index (κ3) is 26.1. The molecular weight excluding hydrogens is 743 g/mol. The Morgan fingerprint density at radius 2 is 0.605 bits per heavy atom. The van der Waals surface area contributed by atoms with Crippen LogP contribution in [-0.2, 0) is 28.8 Å². The van der Waals surface area contributed by atoms with Crippen LogP contribution in [0.3, 0.4) is 0 Å². The van der Waals surface area contributed by atoms with Crippen molar-refractivity contribution in [2.45, 2.75) is 0 Å². The normalized spacial score (nSPS) is 13.5. The molecule has 0 radical (unpaired) electrons. The van der Waals surface area contributed by atoms with E-state index in [1.54, 1.807) is 12.4 Å². The summed E-state index contributed by atoms with van der Waals surface area (Å²) in [6, 6.07) is 23.4. The van der Waals surface area contributed by atoms with Crippen LogP contribution in [0.25, 0.3) is 34.2 Å². The number of rotatable bonds is 3. The fourth-order valence-corrected chi connectivity index (χ4v) is 2.47. The molecule has 0 aliphatic heterocycles. The molecule has 21 heteroatoms. The zero-order chi connectivity index (χ0) is 33.0. The van der Waals surface area contributed by atoms with Gasteiger partial charge in [0, 0.05) is 12.4 Å². The number of pyridine rings is 4. The van der Waals surface area contributed by atoms with Gasteiger partial charge in [-0.05, 0) is 48.5 Å². The molecule has 0 spiro atoms. The van der Waals surface area contributed by atoms with Gasteiger partial charge < -0.3 is 0 Å². The van der Waals surface area contributed by atoms with Gasteiger partial charge in [0.25, 0.3) is 0 Å². The standard InChI is InChI=1S/C20H14N4.2CO.2F6P.Ru/c1-3-13-21-15(7-1)17-9-5-11-19(23-17)20-12-6-10-18(24-20)16-8-2-4-14-22-16;2*1-2;2*1-7(2,3,4,5)6;/h1-14H;;;;;/q;;;2*-1;+2. The van der Waals surface area contributed by atoms with E-state index in [2.05, 4.69) is 23.3 Å². The van der Waals surface area contributed by atoms with E-state index in [1.807, 2.05) is 72.8 Å². The second kappa shape index (κ2) is 14.0. The Hall–Kier alpha value is -3.28. The summed E-state index contributed by atoms with van der Waals surface area (Å²) in [7, 11) is -21.3. The maximum absolute atomic E-state index is 10.7. The summed E-state index contributed by atoms with van der Waals surface area (Å²) >= 11 is 0. The first-order valence-corrected chi connectivity index (χ1v) is 14.2. The Labute approximate surface area is 247 Å². The summed E-state index contributed by atoms with van der Waals surface area (Å²) in [5, 5.41) is 0. The van der Waals surface area contributed by atoms with Crippen molar-refractivity contribution in [1.29, 1.82) is 0 Å². The van der Waals surface area contributed by atoms with Gasteiger partial charge in [0.2, 0.25) is 0 Å². The van der Waals surface area contributed by atoms with Crippen molar-refractivity contribution in [3.05, 3.63) is 98.5 Å². The Bertz CT molecular complexity index is 1350. The van der Waals surface area contributed by atoms with Crippen LogP contribution in [0.5, 0.6) is 0 Å². The van der Waals surface area contributed by atoms with Gasteiger partial charge in [-0.1, -0.05) is 24.3 Å². The number of aromatic nitrogens is 4. The minimum Gasteiger partial charge on any atom is -0.255 e. The van der Waals surface area contributed by atoms with Gasteiger partial charge >= 0.3 is 108 Å². The van der Waals surface area contributed by atoms with E-state index < -0.39 is 15.6 Å². The van der Waals surface area contributed by atoms with Crippen molar-refractivity contribution >= 4 is 15.6 Å². The van der Waals surface area contributed by atoms with E-state index in [1.165, 1.54) is 0 Å². The average Bonchev–Trinajstić information content (AvgIpc) is 2.89. The topological polar surface area (TPSA) is 91.4 Å². The quantitative estimate of drug-likeness (QED) is 0.0684. The first-order valence-electron chi connectivity index (χ1n) is 10.1. The molecule has 0 atom stereocenters. The van der Waals surface area contributed by atoms with Crippen LogP contribution >= 0.6 is 15.6 Å². The first kappa shape index (κ1) is 41.9. The third-order valence-corrected chi connectivity index (χ3v) is 3.62. The van der Waals surface area contributed by atoms with Crippen molar-refractivity contribution in [2.24, 2.45) is 0 Å². The Morgan fingerprint density at radius 3 is 0.814 bits per heavy atom. The Balaban J connectivity index is 0. The number of hydrogen-bond acceptors (Lipinski definition) is 4. The molecule has 0 saturated carbocycles. The zero-order valence-corrected chi connectivity index (χ0v) is 24.0. The maximum atomic E-state index is 9.87. The summed E-state index contributed by atoms with van der Waals surface area (Å²) in [4.78, 5) is 18.1. The fourth-order valence-electron chi connectivity index (χ4n) is 2.47. The van der Waals surface area contributed by atoms with Crippen molar-refractivity contribution < 1.29 is 79.1 Å². The third-order valence-electron chi connectivity index (χ3n) is 3.62. The van der Waals surface area contributed by atoms with Crippen molar-refractivity contribution in [2.75, 3.05) is 0 Å². The summed E-state index contributed by atoms with van der Waals surface area (Å²) in [5.74, 6) is 0. The SMILES string of the molecule is F[P-](F)(F)(F)(F)F.F[P-](F)(F)(F)(F)F.[C-]#[O+].[C-]#[O+].[Ru+2].c1ccc(-c2cccc(-c3cccc(-c4ccccn4)n3)n2)nc1. The summed E-state index contributed by atoms with van der Waals surface area (Å²) in [5.41, 5.74) is 4.99. The predicted molar refractivity (Wildman–Crippen MR) is 129 cm³/mol. The van der Waals surface area contributed by atoms with Crippen molar-refractivity contribution in [3.63, 3.8) is 0 Å². The smallest absolute Gasteiger partial charge is 0.255 e. The van der Waals surface area contributed by atoms with Crippen molar-refractivity contribution in [3.8, 4) is 34.2 Å². The van der Waals surface area contributed by atoms with Crippen LogP contribution in [0.2, 0.25) is 0 Å². The number of nitrogens with zero attached hydrogens (tertiary/aromatic N) is 4. The average molecular weight is 757 g/mol. The molecule has 4 rings (SSSR count). The van der Waals surface area contributed by atoms with Gasteiger partial charge in [-0.15, -0.1) is 0 Å². The molecule has 4 aromatic rings. The summed E-state index contributed by atoms with van der Waals surface area (Å²) < 4.78 is 133. The second-order valence-electron chi connectivity index (χ2n) is 7.16. The van der Waals surface area contributed by atoms with Gasteiger partial charge in [0.05, 0.1) is 34.2 Å². The fraction of sp³-hybridized carbons (Fsp3) is 0. The molecule has 236 valence electrons. The number of halogens is 12. The van der Waals surface area contributed by atoms with Crippen LogP contribution in [0.1, 0.15) is 0 Å². The second-order valence-corrected chi connectivity index (χ2v) is 11.0. The molecule has 0 saturated heterocycles. The molecule has 0 aliphatic carbocycles. The predicted octanol–water partition coefficient (Wildman–Crippen LogP) is 11.0. The molecule has 43 heavy (non-hydrogen) atoms. The van der Waals surface area contributed by atoms with Crippen LogP contribution < -0.4 is 0 Å². The van der Waals surface area contributed by atoms with Crippen LogP contribution in [0.15, 0.2) is 85.2 Å². The summed E-state index contributed by atoms with van der Waals surface area (Å²) in [6.07, 6.45) is 3.53. The number of hydrogen-bond donors (Lipinski definition) is 0. The molecule has 4 heterocycles. The molecule has 0 aliphatic rings. The Morgan fingerprint density at radius 1 is 0.395 bits per heavy atom. The minimum absolute atomic E-state index is 0. The summed E-state index contributed by atoms with van der Waals surface area (Å²) in [6.45, 7) is 9.00. The van der Waals surface area contributed by atoms with E-state index in [0.717, 1.165) is 34.2 Å². The van der Waals surface area contributed by atoms with Gasteiger partial charge in [-0.3, -0.25) is 9.97 Å². The van der Waals surface area contributed by atoms with Gasteiger partial charge in [0.1, 0.15) is 0 Å². The molecule has 0 amide bonds. The van der Waals surface area contributed by atoms with Gasteiger partial charge in [-0.2, -0.15) is 0 Å². The molecule has 0 aromatic carbocycles. The van der Waals surface area contributed by atoms with Crippen molar-refractivity contribution in [1.82, 2.24) is 19.9 Å². The van der Waals surface area contributed by atoms with Gasteiger partial charge in [0.15, 0.2) is 0 Å². The molecule has 4 aromatic heterocycles. The van der Waals surface area contributed by atoms with E-state index in [9.17, 15) is 50.4 Å². The Kier molecular flexibility index (Phi) is 13.6. The minimum atomic E-state index is -10.7. The largest absolute Gasteiger partial charge is 2.00 e. The molecule has 0 fully saturated rings. The van der Waals surface area contributed by atoms with E-state index in [-0.39, 0.29) is 19.5 Å². The van der Waals surface area contributed by atoms with Crippen LogP contribution in [-0.4, -0.2) is 19.9 Å². The first-order chi connectivity index (χ1) is 18.8. The van der Waals surface area contributed by atoms with E-state index >= 15 is 0 Å². The van der Waals surface area contributed by atoms with Gasteiger partial charge in [-0.25, -0.2) is 9.97 Å². The molecular formula is C22H14F12N4O2P2Ru. The van der Waals surface area contributed by atoms with Crippen LogP contribution in [0.4, 0.5) is 50.4 Å². The molecule has 0 unspecified atom stereocenters. The van der Waals surface area contributed by atoms with E-state index in [4.69, 9.17) is 19.3 Å². The maximum Gasteiger partial charge on any atom is 2.00 e. The molecule has 6 nitrogen and oxygen atoms in total. The van der Waals surface area contributed by atoms with Crippen LogP contribution in [0, 0.1) is 13.3 Å². The van der Waals surface area contributed by atoms with E-state index in [0.29, 0.717) is 0 Å². The molecule has 0 bridgehead atoms. The zero-order valence-electron chi connectivity index (χ0n) is 20.5.